The quantitative estimate of drug-likeness (QED) is 0.557. The Morgan fingerprint density at radius 3 is 2.19 bits per heavy atom. The van der Waals surface area contributed by atoms with Gasteiger partial charge in [-0.15, -0.1) is 0 Å². The van der Waals surface area contributed by atoms with Gasteiger partial charge in [-0.05, 0) is 54.6 Å². The minimum Gasteiger partial charge on any atom is -0.322 e. The van der Waals surface area contributed by atoms with Crippen LogP contribution in [0, 0.1) is 5.82 Å². The molecule has 0 unspecified atom stereocenters. The van der Waals surface area contributed by atoms with Crippen LogP contribution < -0.4 is 10.0 Å². The van der Waals surface area contributed by atoms with Gasteiger partial charge in [-0.25, -0.2) is 21.2 Å². The van der Waals surface area contributed by atoms with E-state index < -0.39 is 31.6 Å². The number of hydrogen-bond acceptors (Lipinski definition) is 5. The van der Waals surface area contributed by atoms with Crippen LogP contribution in [-0.2, 0) is 19.9 Å². The van der Waals surface area contributed by atoms with Crippen molar-refractivity contribution in [2.24, 2.45) is 0 Å². The van der Waals surface area contributed by atoms with E-state index in [1.165, 1.54) is 67.6 Å². The van der Waals surface area contributed by atoms with E-state index in [9.17, 15) is 26.0 Å². The first-order chi connectivity index (χ1) is 14.6. The van der Waals surface area contributed by atoms with Crippen molar-refractivity contribution >= 4 is 37.1 Å². The first kappa shape index (κ1) is 22.4. The Bertz CT molecular complexity index is 1320. The lowest BCUT2D eigenvalue weighted by molar-refractivity contribution is 0.102. The molecule has 0 aromatic heterocycles. The highest BCUT2D eigenvalue weighted by Gasteiger charge is 2.21. The second kappa shape index (κ2) is 8.86. The largest absolute Gasteiger partial charge is 0.322 e. The summed E-state index contributed by atoms with van der Waals surface area (Å²) < 4.78 is 64.9. The Hall–Kier alpha value is -3.24. The highest BCUT2D eigenvalue weighted by Crippen LogP contribution is 2.21. The molecule has 3 aromatic rings. The number of nitrogens with one attached hydrogen (secondary N) is 2. The summed E-state index contributed by atoms with van der Waals surface area (Å²) >= 11 is 0. The standard InChI is InChI=1S/C21H19FN2O5S2/c1-2-30(26,27)20-9-4-3-8-19(20)21(25)23-16-10-12-18(13-11-16)31(28,29)24-17-7-5-6-15(22)14-17/h3-14,24H,2H2,1H3,(H,23,25). The fourth-order valence-electron chi connectivity index (χ4n) is 2.76. The van der Waals surface area contributed by atoms with Crippen LogP contribution in [0.1, 0.15) is 17.3 Å². The number of carbonyl (C=O) groups excluding carboxylic acids is 1. The number of sulfonamides is 1. The van der Waals surface area contributed by atoms with E-state index in [2.05, 4.69) is 10.0 Å². The van der Waals surface area contributed by atoms with Crippen LogP contribution >= 0.6 is 0 Å². The minimum absolute atomic E-state index is 0.00572. The molecule has 31 heavy (non-hydrogen) atoms. The second-order valence-corrected chi connectivity index (χ2v) is 10.4. The molecule has 0 radical (unpaired) electrons. The van der Waals surface area contributed by atoms with Gasteiger partial charge >= 0.3 is 0 Å². The van der Waals surface area contributed by atoms with Gasteiger partial charge in [0.2, 0.25) is 0 Å². The number of hydrogen-bond donors (Lipinski definition) is 2. The SMILES string of the molecule is CCS(=O)(=O)c1ccccc1C(=O)Nc1ccc(S(=O)(=O)Nc2cccc(F)c2)cc1. The van der Waals surface area contributed by atoms with Crippen molar-refractivity contribution in [2.45, 2.75) is 16.7 Å². The molecule has 0 spiro atoms. The van der Waals surface area contributed by atoms with Crippen molar-refractivity contribution in [3.05, 3.63) is 84.2 Å². The smallest absolute Gasteiger partial charge is 0.261 e. The van der Waals surface area contributed by atoms with E-state index in [0.717, 1.165) is 6.07 Å². The highest BCUT2D eigenvalue weighted by atomic mass is 32.2. The number of halogens is 1. The molecule has 0 heterocycles. The summed E-state index contributed by atoms with van der Waals surface area (Å²) in [5, 5.41) is 2.56. The molecule has 10 heteroatoms. The Kier molecular flexibility index (Phi) is 6.42. The molecule has 162 valence electrons. The molecule has 2 N–H and O–H groups in total. The first-order valence-corrected chi connectivity index (χ1v) is 12.3. The molecule has 0 aliphatic carbocycles. The lowest BCUT2D eigenvalue weighted by atomic mass is 10.2. The van der Waals surface area contributed by atoms with Gasteiger partial charge < -0.3 is 5.32 Å². The Labute approximate surface area is 179 Å². The van der Waals surface area contributed by atoms with E-state index in [0.29, 0.717) is 0 Å². The van der Waals surface area contributed by atoms with Crippen molar-refractivity contribution < 1.29 is 26.0 Å². The molecule has 0 saturated carbocycles. The second-order valence-electron chi connectivity index (χ2n) is 6.49. The molecule has 7 nitrogen and oxygen atoms in total. The van der Waals surface area contributed by atoms with Gasteiger partial charge in [0.05, 0.1) is 26.8 Å². The molecule has 1 amide bonds. The monoisotopic (exact) mass is 462 g/mol. The third kappa shape index (κ3) is 5.28. The number of sulfone groups is 1. The van der Waals surface area contributed by atoms with Crippen LogP contribution in [0.3, 0.4) is 0 Å². The zero-order valence-corrected chi connectivity index (χ0v) is 18.0. The van der Waals surface area contributed by atoms with Crippen LogP contribution in [0.2, 0.25) is 0 Å². The van der Waals surface area contributed by atoms with Crippen molar-refractivity contribution in [3.8, 4) is 0 Å². The number of anilines is 2. The van der Waals surface area contributed by atoms with E-state index in [1.807, 2.05) is 0 Å². The summed E-state index contributed by atoms with van der Waals surface area (Å²) in [6.45, 7) is 1.49. The van der Waals surface area contributed by atoms with Gasteiger partial charge in [-0.3, -0.25) is 9.52 Å². The first-order valence-electron chi connectivity index (χ1n) is 9.14. The lowest BCUT2D eigenvalue weighted by Crippen LogP contribution is -2.17. The molecule has 3 rings (SSSR count). The Morgan fingerprint density at radius 2 is 1.55 bits per heavy atom. The maximum Gasteiger partial charge on any atom is 0.261 e. The number of amides is 1. The maximum atomic E-state index is 13.3. The van der Waals surface area contributed by atoms with Gasteiger partial charge in [0.15, 0.2) is 9.84 Å². The van der Waals surface area contributed by atoms with Gasteiger partial charge in [-0.1, -0.05) is 25.1 Å². The Balaban J connectivity index is 1.79. The van der Waals surface area contributed by atoms with Gasteiger partial charge in [0, 0.05) is 5.69 Å². The Morgan fingerprint density at radius 1 is 0.871 bits per heavy atom. The van der Waals surface area contributed by atoms with Gasteiger partial charge in [0.1, 0.15) is 5.82 Å². The summed E-state index contributed by atoms with van der Waals surface area (Å²) in [5.74, 6) is -1.37. The molecule has 0 bridgehead atoms. The van der Waals surface area contributed by atoms with Crippen LogP contribution in [-0.4, -0.2) is 28.5 Å². The summed E-state index contributed by atoms with van der Waals surface area (Å²) in [7, 11) is -7.57. The fourth-order valence-corrected chi connectivity index (χ4v) is 4.91. The normalized spacial score (nSPS) is 11.7. The lowest BCUT2D eigenvalue weighted by Gasteiger charge is -2.11. The van der Waals surface area contributed by atoms with Crippen molar-refractivity contribution in [1.29, 1.82) is 0 Å². The van der Waals surface area contributed by atoms with Crippen LogP contribution in [0.4, 0.5) is 15.8 Å². The average molecular weight is 463 g/mol. The van der Waals surface area contributed by atoms with E-state index in [4.69, 9.17) is 0 Å². The number of carbonyl (C=O) groups is 1. The van der Waals surface area contributed by atoms with Crippen molar-refractivity contribution in [1.82, 2.24) is 0 Å². The predicted molar refractivity (Wildman–Crippen MR) is 116 cm³/mol. The zero-order chi connectivity index (χ0) is 22.6. The van der Waals surface area contributed by atoms with E-state index in [-0.39, 0.29) is 32.5 Å². The third-order valence-electron chi connectivity index (χ3n) is 4.35. The zero-order valence-electron chi connectivity index (χ0n) is 16.4. The van der Waals surface area contributed by atoms with E-state index >= 15 is 0 Å². The van der Waals surface area contributed by atoms with E-state index in [1.54, 1.807) is 6.07 Å². The molecule has 0 fully saturated rings. The summed E-state index contributed by atoms with van der Waals surface area (Å²) in [4.78, 5) is 12.4. The minimum atomic E-state index is -3.97. The summed E-state index contributed by atoms with van der Waals surface area (Å²) in [5.41, 5.74) is 0.346. The summed E-state index contributed by atoms with van der Waals surface area (Å²) in [6, 6.07) is 16.2. The molecular weight excluding hydrogens is 443 g/mol. The molecule has 0 aliphatic rings. The van der Waals surface area contributed by atoms with Crippen molar-refractivity contribution in [3.63, 3.8) is 0 Å². The number of benzene rings is 3. The number of rotatable bonds is 7. The molecule has 0 atom stereocenters. The van der Waals surface area contributed by atoms with Crippen LogP contribution in [0.25, 0.3) is 0 Å². The maximum absolute atomic E-state index is 13.3. The topological polar surface area (TPSA) is 109 Å². The predicted octanol–water partition coefficient (Wildman–Crippen LogP) is 3.67. The van der Waals surface area contributed by atoms with Gasteiger partial charge in [-0.2, -0.15) is 0 Å². The molecule has 0 aliphatic heterocycles. The average Bonchev–Trinajstić information content (AvgIpc) is 2.74. The fraction of sp³-hybridized carbons (Fsp3) is 0.0952. The third-order valence-corrected chi connectivity index (χ3v) is 7.53. The highest BCUT2D eigenvalue weighted by molar-refractivity contribution is 7.92. The van der Waals surface area contributed by atoms with Crippen LogP contribution in [0.15, 0.2) is 82.6 Å². The summed E-state index contributed by atoms with van der Waals surface area (Å²) in [6.07, 6.45) is 0. The molecule has 0 saturated heterocycles. The molecular formula is C21H19FN2O5S2. The van der Waals surface area contributed by atoms with Crippen LogP contribution in [0.5, 0.6) is 0 Å². The molecule has 3 aromatic carbocycles. The van der Waals surface area contributed by atoms with Crippen molar-refractivity contribution in [2.75, 3.05) is 15.8 Å². The van der Waals surface area contributed by atoms with Gasteiger partial charge in [0.25, 0.3) is 15.9 Å².